The molecule has 0 radical (unpaired) electrons. The number of rotatable bonds is 5. The number of H-pyrrole nitrogens is 1. The summed E-state index contributed by atoms with van der Waals surface area (Å²) in [5.74, 6) is 0.459. The van der Waals surface area contributed by atoms with E-state index in [1.807, 2.05) is 44.2 Å². The number of hydrogen-bond donors (Lipinski definition) is 3. The highest BCUT2D eigenvalue weighted by atomic mass is 19.1. The van der Waals surface area contributed by atoms with Crippen molar-refractivity contribution < 1.29 is 13.9 Å². The van der Waals surface area contributed by atoms with E-state index in [-0.39, 0.29) is 22.5 Å². The number of nitrogens with zero attached hydrogens (tertiary/aromatic N) is 2. The number of benzene rings is 3. The smallest absolute Gasteiger partial charge is 0.261 e. The Balaban J connectivity index is 0.00000158. The molecule has 1 aliphatic rings. The molecular weight excluding hydrogens is 509 g/mol. The zero-order chi connectivity index (χ0) is 28.4. The molecule has 1 amide bonds. The number of aromatic amines is 1. The van der Waals surface area contributed by atoms with Gasteiger partial charge in [-0.25, -0.2) is 9.07 Å². The maximum atomic E-state index is 14.7. The Labute approximate surface area is 229 Å². The quantitative estimate of drug-likeness (QED) is 0.233. The Morgan fingerprint density at radius 3 is 2.48 bits per heavy atom. The number of nitrogens with one attached hydrogen (secondary N) is 2. The lowest BCUT2D eigenvalue weighted by atomic mass is 9.86. The molecule has 0 unspecified atom stereocenters. The predicted molar refractivity (Wildman–Crippen MR) is 156 cm³/mol. The van der Waals surface area contributed by atoms with Gasteiger partial charge in [-0.05, 0) is 72.5 Å². The summed E-state index contributed by atoms with van der Waals surface area (Å²) in [4.78, 5) is 28.0. The van der Waals surface area contributed by atoms with Crippen LogP contribution in [0.2, 0.25) is 0 Å². The number of aromatic nitrogens is 3. The number of ether oxygens (including phenoxy) is 1. The Morgan fingerprint density at radius 1 is 1.07 bits per heavy atom. The topological polar surface area (TPSA) is 115 Å². The maximum absolute atomic E-state index is 14.7. The molecule has 5 aromatic rings. The molecule has 40 heavy (non-hydrogen) atoms. The van der Waals surface area contributed by atoms with Crippen LogP contribution in [0.5, 0.6) is 11.5 Å². The van der Waals surface area contributed by atoms with Gasteiger partial charge in [0, 0.05) is 11.3 Å². The van der Waals surface area contributed by atoms with Crippen LogP contribution in [0.15, 0.2) is 84.2 Å². The van der Waals surface area contributed by atoms with Crippen molar-refractivity contribution in [2.24, 2.45) is 0 Å². The van der Waals surface area contributed by atoms with E-state index < -0.39 is 11.7 Å². The highest BCUT2D eigenvalue weighted by Crippen LogP contribution is 2.41. The molecule has 1 aliphatic carbocycles. The first kappa shape index (κ1) is 26.4. The number of fused-ring (bicyclic) bond motifs is 5. The number of carbonyl (C=O) groups is 1. The number of pyridine rings is 1. The first-order valence-corrected chi connectivity index (χ1v) is 13.0. The van der Waals surface area contributed by atoms with Crippen molar-refractivity contribution in [3.05, 3.63) is 107 Å². The summed E-state index contributed by atoms with van der Waals surface area (Å²) in [5, 5.41) is 7.55. The van der Waals surface area contributed by atoms with Crippen LogP contribution in [0.3, 0.4) is 0 Å². The number of amides is 1. The third-order valence-electron chi connectivity index (χ3n) is 6.60. The maximum Gasteiger partial charge on any atom is 0.261 e. The number of carbonyl (C=O) groups excluding carboxylic acids is 1. The lowest BCUT2D eigenvalue weighted by molar-refractivity contribution is -0.111. The molecule has 9 heteroatoms. The molecule has 0 bridgehead atoms. The van der Waals surface area contributed by atoms with Gasteiger partial charge in [-0.3, -0.25) is 9.59 Å². The second kappa shape index (κ2) is 10.9. The summed E-state index contributed by atoms with van der Waals surface area (Å²) < 4.78 is 22.1. The lowest BCUT2D eigenvalue weighted by Gasteiger charge is -2.22. The average molecular weight is 538 g/mol. The van der Waals surface area contributed by atoms with Crippen molar-refractivity contribution in [3.63, 3.8) is 0 Å². The van der Waals surface area contributed by atoms with Crippen molar-refractivity contribution in [3.8, 4) is 28.3 Å². The minimum Gasteiger partial charge on any atom is -0.457 e. The average Bonchev–Trinajstić information content (AvgIpc) is 3.33. The van der Waals surface area contributed by atoms with Crippen LogP contribution in [0, 0.1) is 5.82 Å². The van der Waals surface area contributed by atoms with Crippen LogP contribution >= 0.6 is 0 Å². The number of nitrogen functional groups attached to an aromatic ring is 1. The number of anilines is 2. The van der Waals surface area contributed by atoms with Crippen LogP contribution in [-0.2, 0) is 17.6 Å². The van der Waals surface area contributed by atoms with Gasteiger partial charge in [-0.2, -0.15) is 5.10 Å². The van der Waals surface area contributed by atoms with Gasteiger partial charge in [0.05, 0.1) is 11.4 Å². The molecule has 0 saturated heterocycles. The second-order valence-corrected chi connectivity index (χ2v) is 8.88. The zero-order valence-electron chi connectivity index (χ0n) is 22.1. The van der Waals surface area contributed by atoms with Gasteiger partial charge in [0.2, 0.25) is 5.91 Å². The normalized spacial score (nSPS) is 11.6. The number of halogens is 1. The van der Waals surface area contributed by atoms with E-state index >= 15 is 0 Å². The fourth-order valence-electron chi connectivity index (χ4n) is 4.86. The molecule has 0 spiro atoms. The van der Waals surface area contributed by atoms with Crippen molar-refractivity contribution in [2.45, 2.75) is 26.7 Å². The monoisotopic (exact) mass is 537 g/mol. The summed E-state index contributed by atoms with van der Waals surface area (Å²) >= 11 is 0. The molecule has 0 fully saturated rings. The molecule has 4 N–H and O–H groups in total. The van der Waals surface area contributed by atoms with Gasteiger partial charge >= 0.3 is 0 Å². The predicted octanol–water partition coefficient (Wildman–Crippen LogP) is 6.14. The Morgan fingerprint density at radius 2 is 1.77 bits per heavy atom. The minimum absolute atomic E-state index is 0.0961. The van der Waals surface area contributed by atoms with Crippen molar-refractivity contribution >= 4 is 28.3 Å². The number of hydrogen-bond acceptors (Lipinski definition) is 5. The molecule has 6 rings (SSSR count). The van der Waals surface area contributed by atoms with Crippen LogP contribution in [0.1, 0.15) is 25.1 Å². The first-order valence-electron chi connectivity index (χ1n) is 13.0. The summed E-state index contributed by atoms with van der Waals surface area (Å²) in [5.41, 5.74) is 9.86. The van der Waals surface area contributed by atoms with Gasteiger partial charge < -0.3 is 20.8 Å². The third kappa shape index (κ3) is 4.62. The summed E-state index contributed by atoms with van der Waals surface area (Å²) in [6, 6.07) is 19.5. The van der Waals surface area contributed by atoms with E-state index in [1.165, 1.54) is 10.7 Å². The molecule has 2 aromatic heterocycles. The molecule has 0 saturated carbocycles. The molecule has 3 aromatic carbocycles. The van der Waals surface area contributed by atoms with Crippen molar-refractivity contribution in [1.82, 2.24) is 14.8 Å². The standard InChI is InChI=1S/C29H22FN5O3.C2H6/c1-2-23(36)33-26-20-13-15-22-24(19(20)12-14-21(26)30)27-25(29(37)32-22)28(31)35(34-27)16-8-10-18(11-9-16)38-17-6-4-3-5-7-17;1-2/h2-12,14H,1,13,15,31H2,(H,32,37)(H,33,36);1-2H3. The summed E-state index contributed by atoms with van der Waals surface area (Å²) in [6.07, 6.45) is 1.95. The van der Waals surface area contributed by atoms with E-state index in [9.17, 15) is 14.0 Å². The molecule has 0 atom stereocenters. The summed E-state index contributed by atoms with van der Waals surface area (Å²) in [6.45, 7) is 7.44. The molecule has 2 heterocycles. The van der Waals surface area contributed by atoms with Gasteiger partial charge in [0.25, 0.3) is 5.56 Å². The molecule has 8 nitrogen and oxygen atoms in total. The largest absolute Gasteiger partial charge is 0.457 e. The highest BCUT2D eigenvalue weighted by molar-refractivity contribution is 6.04. The van der Waals surface area contributed by atoms with E-state index in [4.69, 9.17) is 15.6 Å². The summed E-state index contributed by atoms with van der Waals surface area (Å²) in [7, 11) is 0. The SMILES string of the molecule is C=CC(=O)Nc1c(F)ccc2c1CCc1[nH]c(=O)c3c(N)n(-c4ccc(Oc5ccccc5)cc4)nc3c1-2.CC. The third-order valence-corrected chi connectivity index (χ3v) is 6.60. The van der Waals surface area contributed by atoms with E-state index in [0.29, 0.717) is 57.9 Å². The number of para-hydroxylation sites is 1. The fourth-order valence-corrected chi connectivity index (χ4v) is 4.86. The first-order chi connectivity index (χ1) is 19.4. The van der Waals surface area contributed by atoms with Crippen molar-refractivity contribution in [1.29, 1.82) is 0 Å². The number of nitrogens with two attached hydrogens (primary N) is 1. The second-order valence-electron chi connectivity index (χ2n) is 8.88. The minimum atomic E-state index is -0.550. The Kier molecular flexibility index (Phi) is 7.20. The Bertz CT molecular complexity index is 1790. The van der Waals surface area contributed by atoms with Crippen LogP contribution < -0.4 is 21.3 Å². The van der Waals surface area contributed by atoms with Crippen molar-refractivity contribution in [2.75, 3.05) is 11.1 Å². The van der Waals surface area contributed by atoms with Gasteiger partial charge in [0.1, 0.15) is 34.0 Å². The van der Waals surface area contributed by atoms with E-state index in [0.717, 1.165) is 6.08 Å². The highest BCUT2D eigenvalue weighted by Gasteiger charge is 2.28. The van der Waals surface area contributed by atoms with Crippen LogP contribution in [0.25, 0.3) is 27.7 Å². The van der Waals surface area contributed by atoms with Crippen LogP contribution in [0.4, 0.5) is 15.9 Å². The molecule has 0 aliphatic heterocycles. The van der Waals surface area contributed by atoms with E-state index in [1.54, 1.807) is 30.3 Å². The van der Waals surface area contributed by atoms with Gasteiger partial charge in [0.15, 0.2) is 0 Å². The van der Waals surface area contributed by atoms with Gasteiger partial charge in [-0.15, -0.1) is 0 Å². The zero-order valence-corrected chi connectivity index (χ0v) is 22.1. The molecule has 202 valence electrons. The molecular formula is C31H28FN5O3. The number of aryl methyl sites for hydroxylation is 1. The Hall–Kier alpha value is -5.18. The lowest BCUT2D eigenvalue weighted by Crippen LogP contribution is -2.18. The van der Waals surface area contributed by atoms with E-state index in [2.05, 4.69) is 16.9 Å². The van der Waals surface area contributed by atoms with Gasteiger partial charge in [-0.1, -0.05) is 44.7 Å². The van der Waals surface area contributed by atoms with Crippen LogP contribution in [-0.4, -0.2) is 20.7 Å². The fraction of sp³-hybridized carbons (Fsp3) is 0.129.